The Bertz CT molecular complexity index is 390. The highest BCUT2D eigenvalue weighted by atomic mass is 32.2. The van der Waals surface area contributed by atoms with Gasteiger partial charge in [-0.05, 0) is 31.4 Å². The topological polar surface area (TPSA) is 21.3 Å². The summed E-state index contributed by atoms with van der Waals surface area (Å²) in [5.41, 5.74) is 1.46. The molecule has 3 unspecified atom stereocenters. The van der Waals surface area contributed by atoms with Crippen LogP contribution < -0.4 is 5.32 Å². The molecule has 1 fully saturated rings. The van der Waals surface area contributed by atoms with Crippen molar-refractivity contribution in [3.8, 4) is 0 Å². The van der Waals surface area contributed by atoms with Gasteiger partial charge in [-0.2, -0.15) is 0 Å². The van der Waals surface area contributed by atoms with Gasteiger partial charge < -0.3 is 10.1 Å². The van der Waals surface area contributed by atoms with Crippen LogP contribution in [0.15, 0.2) is 29.2 Å². The van der Waals surface area contributed by atoms with Crippen LogP contribution >= 0.6 is 11.8 Å². The molecule has 2 aliphatic heterocycles. The zero-order valence-electron chi connectivity index (χ0n) is 10.2. The monoisotopic (exact) mass is 249 g/mol. The lowest BCUT2D eigenvalue weighted by Crippen LogP contribution is -2.39. The van der Waals surface area contributed by atoms with E-state index in [4.69, 9.17) is 4.74 Å². The first-order valence-corrected chi connectivity index (χ1v) is 7.42. The molecule has 0 amide bonds. The standard InChI is InChI=1S/C14H19NOS/c1-10(13-6-4-8-16-13)15-12-9-17-14-7-3-2-5-11(12)14/h2-3,5,7,10,12-13,15H,4,6,8-9H2,1H3. The maximum absolute atomic E-state index is 5.74. The summed E-state index contributed by atoms with van der Waals surface area (Å²) >= 11 is 1.96. The lowest BCUT2D eigenvalue weighted by Gasteiger charge is -2.24. The first kappa shape index (κ1) is 11.6. The molecule has 0 spiro atoms. The molecule has 1 aromatic rings. The third-order valence-corrected chi connectivity index (χ3v) is 4.87. The van der Waals surface area contributed by atoms with Gasteiger partial charge in [0, 0.05) is 29.3 Å². The van der Waals surface area contributed by atoms with Crippen LogP contribution in [0.1, 0.15) is 31.4 Å². The van der Waals surface area contributed by atoms with Crippen molar-refractivity contribution in [1.29, 1.82) is 0 Å². The molecule has 1 saturated heterocycles. The molecule has 1 aromatic carbocycles. The van der Waals surface area contributed by atoms with Crippen molar-refractivity contribution in [3.63, 3.8) is 0 Å². The van der Waals surface area contributed by atoms with E-state index in [1.54, 1.807) is 0 Å². The smallest absolute Gasteiger partial charge is 0.0726 e. The van der Waals surface area contributed by atoms with Gasteiger partial charge in [0.25, 0.3) is 0 Å². The molecular weight excluding hydrogens is 230 g/mol. The summed E-state index contributed by atoms with van der Waals surface area (Å²) in [6.45, 7) is 3.19. The molecule has 3 atom stereocenters. The number of ether oxygens (including phenoxy) is 1. The molecule has 0 saturated carbocycles. The van der Waals surface area contributed by atoms with Crippen LogP contribution in [0.4, 0.5) is 0 Å². The summed E-state index contributed by atoms with van der Waals surface area (Å²) in [7, 11) is 0. The van der Waals surface area contributed by atoms with E-state index in [-0.39, 0.29) is 0 Å². The van der Waals surface area contributed by atoms with Gasteiger partial charge in [-0.15, -0.1) is 11.8 Å². The van der Waals surface area contributed by atoms with Crippen molar-refractivity contribution in [2.24, 2.45) is 0 Å². The number of nitrogens with one attached hydrogen (secondary N) is 1. The van der Waals surface area contributed by atoms with Crippen molar-refractivity contribution in [1.82, 2.24) is 5.32 Å². The van der Waals surface area contributed by atoms with E-state index >= 15 is 0 Å². The average Bonchev–Trinajstić information content (AvgIpc) is 2.98. The van der Waals surface area contributed by atoms with Crippen LogP contribution in [-0.4, -0.2) is 24.5 Å². The van der Waals surface area contributed by atoms with Gasteiger partial charge in [-0.1, -0.05) is 18.2 Å². The number of benzene rings is 1. The van der Waals surface area contributed by atoms with Crippen molar-refractivity contribution >= 4 is 11.8 Å². The second-order valence-electron chi connectivity index (χ2n) is 4.91. The number of hydrogen-bond acceptors (Lipinski definition) is 3. The zero-order chi connectivity index (χ0) is 11.7. The molecule has 92 valence electrons. The molecule has 1 N–H and O–H groups in total. The van der Waals surface area contributed by atoms with E-state index in [0.29, 0.717) is 18.2 Å². The highest BCUT2D eigenvalue weighted by molar-refractivity contribution is 7.99. The fraction of sp³-hybridized carbons (Fsp3) is 0.571. The summed E-state index contributed by atoms with van der Waals surface area (Å²) in [5, 5.41) is 3.73. The highest BCUT2D eigenvalue weighted by Crippen LogP contribution is 2.38. The normalized spacial score (nSPS) is 29.2. The van der Waals surface area contributed by atoms with Crippen molar-refractivity contribution in [2.75, 3.05) is 12.4 Å². The summed E-state index contributed by atoms with van der Waals surface area (Å²) in [6, 6.07) is 9.67. The molecule has 2 nitrogen and oxygen atoms in total. The van der Waals surface area contributed by atoms with Gasteiger partial charge in [-0.25, -0.2) is 0 Å². The fourth-order valence-electron chi connectivity index (χ4n) is 2.72. The van der Waals surface area contributed by atoms with E-state index in [9.17, 15) is 0 Å². The lowest BCUT2D eigenvalue weighted by atomic mass is 10.0. The molecule has 2 heterocycles. The first-order chi connectivity index (χ1) is 8.34. The second-order valence-corrected chi connectivity index (χ2v) is 5.97. The van der Waals surface area contributed by atoms with Crippen LogP contribution in [0.2, 0.25) is 0 Å². The molecule has 3 heteroatoms. The summed E-state index contributed by atoms with van der Waals surface area (Å²) < 4.78 is 5.74. The van der Waals surface area contributed by atoms with Crippen molar-refractivity contribution in [3.05, 3.63) is 29.8 Å². The Hall–Kier alpha value is -0.510. The minimum atomic E-state index is 0.410. The van der Waals surface area contributed by atoms with Gasteiger partial charge in [0.1, 0.15) is 0 Å². The Balaban J connectivity index is 1.66. The van der Waals surface area contributed by atoms with Crippen molar-refractivity contribution < 1.29 is 4.74 Å². The van der Waals surface area contributed by atoms with Crippen LogP contribution in [0, 0.1) is 0 Å². The molecule has 3 rings (SSSR count). The van der Waals surface area contributed by atoms with E-state index in [1.165, 1.54) is 23.3 Å². The van der Waals surface area contributed by atoms with E-state index in [0.717, 1.165) is 12.4 Å². The maximum atomic E-state index is 5.74. The molecule has 0 radical (unpaired) electrons. The predicted molar refractivity (Wildman–Crippen MR) is 71.5 cm³/mol. The second kappa shape index (κ2) is 5.01. The Morgan fingerprint density at radius 3 is 3.12 bits per heavy atom. The SMILES string of the molecule is CC(NC1CSc2ccccc21)C1CCCO1. The van der Waals surface area contributed by atoms with Crippen LogP contribution in [0.5, 0.6) is 0 Å². The maximum Gasteiger partial charge on any atom is 0.0726 e. The van der Waals surface area contributed by atoms with E-state index in [1.807, 2.05) is 11.8 Å². The molecule has 0 bridgehead atoms. The van der Waals surface area contributed by atoms with Gasteiger partial charge in [-0.3, -0.25) is 0 Å². The van der Waals surface area contributed by atoms with Crippen LogP contribution in [0.3, 0.4) is 0 Å². The minimum Gasteiger partial charge on any atom is -0.377 e. The minimum absolute atomic E-state index is 0.410. The number of rotatable bonds is 3. The first-order valence-electron chi connectivity index (χ1n) is 6.44. The predicted octanol–water partition coefficient (Wildman–Crippen LogP) is 2.99. The summed E-state index contributed by atoms with van der Waals surface area (Å²) in [5.74, 6) is 1.15. The average molecular weight is 249 g/mol. The number of hydrogen-bond donors (Lipinski definition) is 1. The zero-order valence-corrected chi connectivity index (χ0v) is 11.0. The summed E-state index contributed by atoms with van der Waals surface area (Å²) in [6.07, 6.45) is 2.83. The van der Waals surface area contributed by atoms with E-state index in [2.05, 4.69) is 36.5 Å². The number of fused-ring (bicyclic) bond motifs is 1. The van der Waals surface area contributed by atoms with Gasteiger partial charge in [0.05, 0.1) is 6.10 Å². The Kier molecular flexibility index (Phi) is 3.41. The van der Waals surface area contributed by atoms with Gasteiger partial charge in [0.2, 0.25) is 0 Å². The van der Waals surface area contributed by atoms with Crippen LogP contribution in [0.25, 0.3) is 0 Å². The third kappa shape index (κ3) is 2.37. The van der Waals surface area contributed by atoms with Gasteiger partial charge in [0.15, 0.2) is 0 Å². The Morgan fingerprint density at radius 2 is 2.29 bits per heavy atom. The van der Waals surface area contributed by atoms with Gasteiger partial charge >= 0.3 is 0 Å². The summed E-state index contributed by atoms with van der Waals surface area (Å²) in [4.78, 5) is 1.43. The third-order valence-electron chi connectivity index (χ3n) is 3.69. The molecular formula is C14H19NOS. The highest BCUT2D eigenvalue weighted by Gasteiger charge is 2.28. The fourth-order valence-corrected chi connectivity index (χ4v) is 3.90. The Morgan fingerprint density at radius 1 is 1.41 bits per heavy atom. The van der Waals surface area contributed by atoms with E-state index < -0.39 is 0 Å². The lowest BCUT2D eigenvalue weighted by molar-refractivity contribution is 0.0806. The molecule has 0 aromatic heterocycles. The molecule has 0 aliphatic carbocycles. The van der Waals surface area contributed by atoms with Crippen molar-refractivity contribution in [2.45, 2.75) is 42.8 Å². The molecule has 2 aliphatic rings. The van der Waals surface area contributed by atoms with Crippen LogP contribution in [-0.2, 0) is 4.74 Å². The quantitative estimate of drug-likeness (QED) is 0.890. The number of thioether (sulfide) groups is 1. The largest absolute Gasteiger partial charge is 0.377 e. The Labute approximate surface area is 107 Å². The molecule has 17 heavy (non-hydrogen) atoms.